The van der Waals surface area contributed by atoms with Crippen LogP contribution in [-0.2, 0) is 4.79 Å². The standard InChI is InChI=1S/C12H19NO3/c14-10(15)6-13-11-2-8-1-9(3-11)5-12(16,4-8)7-11/h8-9,13,16H,1-7H2,(H,14,15)/i7D. The van der Waals surface area contributed by atoms with Gasteiger partial charge < -0.3 is 15.5 Å². The second-order valence-electron chi connectivity index (χ2n) is 5.94. The molecule has 4 bridgehead atoms. The molecule has 4 fully saturated rings. The molecule has 0 spiro atoms. The van der Waals surface area contributed by atoms with Gasteiger partial charge in [-0.2, -0.15) is 0 Å². The van der Waals surface area contributed by atoms with Crippen molar-refractivity contribution in [2.24, 2.45) is 11.8 Å². The maximum Gasteiger partial charge on any atom is 0.317 e. The monoisotopic (exact) mass is 226 g/mol. The van der Waals surface area contributed by atoms with Crippen LogP contribution in [0.3, 0.4) is 0 Å². The first-order chi connectivity index (χ1) is 7.93. The molecule has 0 heterocycles. The summed E-state index contributed by atoms with van der Waals surface area (Å²) >= 11 is 0. The van der Waals surface area contributed by atoms with Crippen LogP contribution in [0.2, 0.25) is 0 Å². The van der Waals surface area contributed by atoms with E-state index in [1.165, 1.54) is 0 Å². The minimum Gasteiger partial charge on any atom is -0.480 e. The third kappa shape index (κ3) is 1.64. The van der Waals surface area contributed by atoms with Crippen molar-refractivity contribution >= 4 is 5.97 Å². The molecule has 0 saturated heterocycles. The van der Waals surface area contributed by atoms with E-state index >= 15 is 0 Å². The topological polar surface area (TPSA) is 69.6 Å². The van der Waals surface area contributed by atoms with Crippen LogP contribution < -0.4 is 5.32 Å². The minimum atomic E-state index is -0.889. The van der Waals surface area contributed by atoms with Gasteiger partial charge in [-0.3, -0.25) is 4.79 Å². The summed E-state index contributed by atoms with van der Waals surface area (Å²) in [6, 6.07) is 0. The molecular formula is C12H19NO3. The molecule has 16 heavy (non-hydrogen) atoms. The Morgan fingerprint density at radius 3 is 2.56 bits per heavy atom. The summed E-state index contributed by atoms with van der Waals surface area (Å²) in [4.78, 5) is 10.7. The van der Waals surface area contributed by atoms with Crippen LogP contribution in [0.25, 0.3) is 0 Å². The van der Waals surface area contributed by atoms with E-state index in [2.05, 4.69) is 5.32 Å². The van der Waals surface area contributed by atoms with Crippen molar-refractivity contribution in [3.63, 3.8) is 0 Å². The smallest absolute Gasteiger partial charge is 0.317 e. The van der Waals surface area contributed by atoms with Crippen LogP contribution >= 0.6 is 0 Å². The minimum absolute atomic E-state index is 0.106. The lowest BCUT2D eigenvalue weighted by molar-refractivity contribution is -0.149. The van der Waals surface area contributed by atoms with E-state index in [0.717, 1.165) is 32.1 Å². The number of rotatable bonds is 3. The van der Waals surface area contributed by atoms with E-state index in [0.29, 0.717) is 11.8 Å². The van der Waals surface area contributed by atoms with Crippen LogP contribution in [0.1, 0.15) is 39.9 Å². The Labute approximate surface area is 96.4 Å². The lowest BCUT2D eigenvalue weighted by Gasteiger charge is -2.60. The fraction of sp³-hybridized carbons (Fsp3) is 0.917. The van der Waals surface area contributed by atoms with E-state index in [1.54, 1.807) is 0 Å². The Morgan fingerprint density at radius 1 is 1.38 bits per heavy atom. The molecule has 0 aromatic carbocycles. The molecule has 4 heteroatoms. The Hall–Kier alpha value is -0.610. The molecule has 4 nitrogen and oxygen atoms in total. The van der Waals surface area contributed by atoms with Crippen molar-refractivity contribution in [2.75, 3.05) is 6.54 Å². The summed E-state index contributed by atoms with van der Waals surface area (Å²) in [6.45, 7) is -0.106. The second kappa shape index (κ2) is 3.20. The quantitative estimate of drug-likeness (QED) is 0.664. The molecule has 0 amide bonds. The first kappa shape index (κ1) is 9.42. The SMILES string of the molecule is [2H]C1C2(O)CC3CC(C2)CC1(NCC(=O)O)C3. The molecule has 4 saturated carbocycles. The van der Waals surface area contributed by atoms with Gasteiger partial charge in [-0.1, -0.05) is 0 Å². The highest BCUT2D eigenvalue weighted by molar-refractivity contribution is 5.69. The van der Waals surface area contributed by atoms with Gasteiger partial charge in [0.15, 0.2) is 0 Å². The lowest BCUT2D eigenvalue weighted by atomic mass is 9.51. The highest BCUT2D eigenvalue weighted by Crippen LogP contribution is 2.57. The molecule has 4 aliphatic rings. The number of carboxylic acids is 1. The third-order valence-corrected chi connectivity index (χ3v) is 4.39. The number of hydrogen-bond acceptors (Lipinski definition) is 3. The molecule has 4 rings (SSSR count). The summed E-state index contributed by atoms with van der Waals surface area (Å²) in [6.07, 6.45) is 3.73. The molecule has 90 valence electrons. The van der Waals surface area contributed by atoms with Gasteiger partial charge in [0, 0.05) is 6.91 Å². The van der Waals surface area contributed by atoms with Crippen molar-refractivity contribution in [3.05, 3.63) is 0 Å². The number of carboxylic acid groups (broad SMARTS) is 1. The largest absolute Gasteiger partial charge is 0.480 e. The molecule has 3 unspecified atom stereocenters. The van der Waals surface area contributed by atoms with Gasteiger partial charge in [0.1, 0.15) is 0 Å². The van der Waals surface area contributed by atoms with Gasteiger partial charge in [0.05, 0.1) is 12.1 Å². The van der Waals surface area contributed by atoms with E-state index in [-0.39, 0.29) is 6.54 Å². The summed E-state index contributed by atoms with van der Waals surface area (Å²) in [7, 11) is 0. The van der Waals surface area contributed by atoms with Crippen molar-refractivity contribution in [3.8, 4) is 0 Å². The van der Waals surface area contributed by atoms with Crippen molar-refractivity contribution in [2.45, 2.75) is 49.6 Å². The zero-order valence-electron chi connectivity index (χ0n) is 10.3. The predicted octanol–water partition coefficient (Wildman–Crippen LogP) is 0.744. The van der Waals surface area contributed by atoms with Crippen LogP contribution in [0.5, 0.6) is 0 Å². The van der Waals surface area contributed by atoms with Gasteiger partial charge in [-0.05, 0) is 50.3 Å². The van der Waals surface area contributed by atoms with Gasteiger partial charge in [0.25, 0.3) is 0 Å². The Kier molecular flexibility index (Phi) is 1.89. The highest BCUT2D eigenvalue weighted by atomic mass is 16.4. The fourth-order valence-electron chi connectivity index (χ4n) is 4.34. The fourth-order valence-corrected chi connectivity index (χ4v) is 4.34. The van der Waals surface area contributed by atoms with E-state index in [4.69, 9.17) is 6.48 Å². The Morgan fingerprint density at radius 2 is 2.00 bits per heavy atom. The summed E-state index contributed by atoms with van der Waals surface area (Å²) < 4.78 is 8.28. The molecule has 0 radical (unpaired) electrons. The molecular weight excluding hydrogens is 206 g/mol. The molecule has 0 aliphatic heterocycles. The molecule has 3 atom stereocenters. The van der Waals surface area contributed by atoms with Crippen LogP contribution in [0.4, 0.5) is 0 Å². The highest BCUT2D eigenvalue weighted by Gasteiger charge is 2.56. The average Bonchev–Trinajstić information content (AvgIpc) is 2.22. The lowest BCUT2D eigenvalue weighted by Crippen LogP contribution is -2.65. The summed E-state index contributed by atoms with van der Waals surface area (Å²) in [5.74, 6) is 0.0470. The first-order valence-corrected chi connectivity index (χ1v) is 6.05. The van der Waals surface area contributed by atoms with Crippen molar-refractivity contribution in [1.82, 2.24) is 5.32 Å². The van der Waals surface area contributed by atoms with Crippen molar-refractivity contribution < 1.29 is 16.4 Å². The normalized spacial score (nSPS) is 55.1. The third-order valence-electron chi connectivity index (χ3n) is 4.39. The van der Waals surface area contributed by atoms with E-state index in [1.807, 2.05) is 0 Å². The van der Waals surface area contributed by atoms with E-state index < -0.39 is 23.5 Å². The summed E-state index contributed by atoms with van der Waals surface area (Å²) in [5, 5.41) is 22.4. The number of nitrogens with one attached hydrogen (secondary N) is 1. The number of aliphatic hydroxyl groups is 1. The van der Waals surface area contributed by atoms with Crippen LogP contribution in [0.15, 0.2) is 0 Å². The van der Waals surface area contributed by atoms with Crippen LogP contribution in [0, 0.1) is 11.8 Å². The number of carbonyl (C=O) groups is 1. The predicted molar refractivity (Wildman–Crippen MR) is 58.0 cm³/mol. The Balaban J connectivity index is 1.86. The number of hydrogen-bond donors (Lipinski definition) is 3. The van der Waals surface area contributed by atoms with E-state index in [9.17, 15) is 9.90 Å². The zero-order valence-corrected chi connectivity index (χ0v) is 9.28. The number of aliphatic carboxylic acids is 1. The maximum atomic E-state index is 10.7. The molecule has 0 aromatic heterocycles. The molecule has 4 aliphatic carbocycles. The average molecular weight is 226 g/mol. The first-order valence-electron chi connectivity index (χ1n) is 6.63. The van der Waals surface area contributed by atoms with Gasteiger partial charge in [-0.15, -0.1) is 0 Å². The second-order valence-corrected chi connectivity index (χ2v) is 5.94. The van der Waals surface area contributed by atoms with Gasteiger partial charge in [-0.25, -0.2) is 0 Å². The van der Waals surface area contributed by atoms with Crippen molar-refractivity contribution in [1.29, 1.82) is 0 Å². The van der Waals surface area contributed by atoms with Crippen LogP contribution in [-0.4, -0.2) is 33.9 Å². The Bertz CT molecular complexity index is 346. The summed E-state index contributed by atoms with van der Waals surface area (Å²) in [5.41, 5.74) is -1.34. The molecule has 3 N–H and O–H groups in total. The molecule has 0 aromatic rings. The van der Waals surface area contributed by atoms with Gasteiger partial charge >= 0.3 is 5.97 Å². The van der Waals surface area contributed by atoms with Gasteiger partial charge in [0.2, 0.25) is 0 Å². The maximum absolute atomic E-state index is 10.7. The zero-order chi connectivity index (χ0) is 12.3.